The fourth-order valence-corrected chi connectivity index (χ4v) is 10.8. The molecule has 306 valence electrons. The van der Waals surface area contributed by atoms with Gasteiger partial charge in [-0.25, -0.2) is 0 Å². The van der Waals surface area contributed by atoms with Gasteiger partial charge in [-0.2, -0.15) is 0 Å². The summed E-state index contributed by atoms with van der Waals surface area (Å²) in [7, 11) is 0. The Kier molecular flexibility index (Phi) is 8.96. The Morgan fingerprint density at radius 2 is 0.606 bits per heavy atom. The largest absolute Gasteiger partial charge is 0.0622 e. The standard InChI is InChI=1S/C66H42/c1-3-18-44(19-4-1)61-39-46-23-7-8-24-47(46)40-63(61)48-34-37-55-52-36-35-49(38-50(52)42-62(64(55)41-48)45-20-5-2-6-21-45)65-57-29-13-15-31-59(57)66(60-32-16-14-30-58(60)65)56-28-12-11-27-54(56)53-33-17-25-43-22-9-10-26-51(43)53/h1-42H. The van der Waals surface area contributed by atoms with Crippen molar-refractivity contribution >= 4 is 64.6 Å². The molecule has 13 aromatic carbocycles. The Bertz CT molecular complexity index is 3970. The summed E-state index contributed by atoms with van der Waals surface area (Å²) in [6, 6.07) is 94.2. The van der Waals surface area contributed by atoms with E-state index in [1.54, 1.807) is 0 Å². The highest BCUT2D eigenvalue weighted by molar-refractivity contribution is 6.24. The molecular weight excluding hydrogens is 793 g/mol. The summed E-state index contributed by atoms with van der Waals surface area (Å²) in [4.78, 5) is 0. The Morgan fingerprint density at radius 3 is 1.27 bits per heavy atom. The van der Waals surface area contributed by atoms with Crippen molar-refractivity contribution in [1.82, 2.24) is 0 Å². The van der Waals surface area contributed by atoms with E-state index in [0.717, 1.165) is 0 Å². The van der Waals surface area contributed by atoms with E-state index in [0.29, 0.717) is 0 Å². The first-order valence-corrected chi connectivity index (χ1v) is 22.9. The highest BCUT2D eigenvalue weighted by atomic mass is 14.2. The molecule has 0 heteroatoms. The van der Waals surface area contributed by atoms with Gasteiger partial charge in [-0.15, -0.1) is 0 Å². The molecule has 0 aliphatic carbocycles. The Hall–Kier alpha value is -8.58. The molecular formula is C66H42. The fourth-order valence-electron chi connectivity index (χ4n) is 10.8. The van der Waals surface area contributed by atoms with E-state index >= 15 is 0 Å². The molecule has 0 nitrogen and oxygen atoms in total. The highest BCUT2D eigenvalue weighted by Gasteiger charge is 2.21. The molecule has 0 atom stereocenters. The van der Waals surface area contributed by atoms with Crippen LogP contribution < -0.4 is 0 Å². The first-order chi connectivity index (χ1) is 32.7. The second kappa shape index (κ2) is 15.6. The molecule has 0 fully saturated rings. The van der Waals surface area contributed by atoms with Gasteiger partial charge in [0, 0.05) is 0 Å². The summed E-state index contributed by atoms with van der Waals surface area (Å²) in [5.41, 5.74) is 14.8. The second-order valence-corrected chi connectivity index (χ2v) is 17.5. The van der Waals surface area contributed by atoms with Crippen LogP contribution in [0.25, 0.3) is 131 Å². The van der Waals surface area contributed by atoms with Crippen LogP contribution in [-0.4, -0.2) is 0 Å². The van der Waals surface area contributed by atoms with Crippen LogP contribution in [0.4, 0.5) is 0 Å². The maximum atomic E-state index is 2.43. The van der Waals surface area contributed by atoms with Crippen molar-refractivity contribution in [3.05, 3.63) is 255 Å². The first kappa shape index (κ1) is 37.9. The van der Waals surface area contributed by atoms with Crippen LogP contribution >= 0.6 is 0 Å². The summed E-state index contributed by atoms with van der Waals surface area (Å²) >= 11 is 0. The van der Waals surface area contributed by atoms with Crippen molar-refractivity contribution in [2.45, 2.75) is 0 Å². The van der Waals surface area contributed by atoms with Crippen molar-refractivity contribution in [2.24, 2.45) is 0 Å². The zero-order valence-corrected chi connectivity index (χ0v) is 36.2. The summed E-state index contributed by atoms with van der Waals surface area (Å²) in [6.45, 7) is 0. The number of hydrogen-bond donors (Lipinski definition) is 0. The third-order valence-corrected chi connectivity index (χ3v) is 13.8. The predicted octanol–water partition coefficient (Wildman–Crippen LogP) is 18.6. The Morgan fingerprint density at radius 1 is 0.152 bits per heavy atom. The van der Waals surface area contributed by atoms with Crippen LogP contribution in [0.3, 0.4) is 0 Å². The van der Waals surface area contributed by atoms with Gasteiger partial charge in [0.2, 0.25) is 0 Å². The van der Waals surface area contributed by atoms with E-state index in [1.165, 1.54) is 131 Å². The molecule has 13 aromatic rings. The molecule has 0 radical (unpaired) electrons. The normalized spacial score (nSPS) is 11.6. The minimum atomic E-state index is 1.21. The third kappa shape index (κ3) is 6.22. The maximum Gasteiger partial charge on any atom is -0.00201 e. The molecule has 0 saturated carbocycles. The topological polar surface area (TPSA) is 0 Å². The van der Waals surface area contributed by atoms with Crippen LogP contribution in [0.1, 0.15) is 0 Å². The molecule has 0 amide bonds. The quantitative estimate of drug-likeness (QED) is 0.116. The summed E-state index contributed by atoms with van der Waals surface area (Å²) in [5, 5.41) is 14.9. The zero-order valence-electron chi connectivity index (χ0n) is 36.2. The van der Waals surface area contributed by atoms with Crippen LogP contribution in [-0.2, 0) is 0 Å². The van der Waals surface area contributed by atoms with Crippen molar-refractivity contribution < 1.29 is 0 Å². The SMILES string of the molecule is c1ccc(-c2cc3ccccc3cc2-c2ccc3c(c2)c(-c2ccccc2)cc2cc(-c4c5ccccc5c(-c5ccccc5-c5cccc6ccccc56)c5ccccc45)ccc23)cc1. The summed E-state index contributed by atoms with van der Waals surface area (Å²) in [5.74, 6) is 0. The van der Waals surface area contributed by atoms with Gasteiger partial charge in [0.1, 0.15) is 0 Å². The molecule has 0 aliphatic rings. The molecule has 13 rings (SSSR count). The lowest BCUT2D eigenvalue weighted by Crippen LogP contribution is -1.93. The van der Waals surface area contributed by atoms with Gasteiger partial charge < -0.3 is 0 Å². The zero-order chi connectivity index (χ0) is 43.6. The average Bonchev–Trinajstić information content (AvgIpc) is 3.39. The molecule has 0 spiro atoms. The van der Waals surface area contributed by atoms with Gasteiger partial charge in [-0.05, 0) is 162 Å². The van der Waals surface area contributed by atoms with Crippen molar-refractivity contribution in [3.63, 3.8) is 0 Å². The fraction of sp³-hybridized carbons (Fsp3) is 0. The maximum absolute atomic E-state index is 2.43. The highest BCUT2D eigenvalue weighted by Crippen LogP contribution is 2.48. The smallest absolute Gasteiger partial charge is 0.00201 e. The van der Waals surface area contributed by atoms with E-state index in [-0.39, 0.29) is 0 Å². The van der Waals surface area contributed by atoms with Gasteiger partial charge >= 0.3 is 0 Å². The third-order valence-electron chi connectivity index (χ3n) is 13.8. The minimum absolute atomic E-state index is 1.21. The predicted molar refractivity (Wildman–Crippen MR) is 284 cm³/mol. The molecule has 0 aliphatic heterocycles. The number of fused-ring (bicyclic) bond motifs is 7. The Labute approximate surface area is 384 Å². The molecule has 0 heterocycles. The van der Waals surface area contributed by atoms with E-state index < -0.39 is 0 Å². The number of hydrogen-bond acceptors (Lipinski definition) is 0. The van der Waals surface area contributed by atoms with Crippen molar-refractivity contribution in [1.29, 1.82) is 0 Å². The number of rotatable bonds is 6. The van der Waals surface area contributed by atoms with Crippen LogP contribution in [0.15, 0.2) is 255 Å². The van der Waals surface area contributed by atoms with E-state index in [2.05, 4.69) is 255 Å². The van der Waals surface area contributed by atoms with Crippen molar-refractivity contribution in [3.8, 4) is 66.8 Å². The van der Waals surface area contributed by atoms with Crippen LogP contribution in [0, 0.1) is 0 Å². The van der Waals surface area contributed by atoms with Gasteiger partial charge in [-0.1, -0.05) is 224 Å². The average molecular weight is 835 g/mol. The summed E-state index contributed by atoms with van der Waals surface area (Å²) in [6.07, 6.45) is 0. The van der Waals surface area contributed by atoms with Crippen molar-refractivity contribution in [2.75, 3.05) is 0 Å². The second-order valence-electron chi connectivity index (χ2n) is 17.5. The van der Waals surface area contributed by atoms with E-state index in [4.69, 9.17) is 0 Å². The molecule has 0 N–H and O–H groups in total. The first-order valence-electron chi connectivity index (χ1n) is 22.9. The van der Waals surface area contributed by atoms with Crippen LogP contribution in [0.2, 0.25) is 0 Å². The minimum Gasteiger partial charge on any atom is -0.0622 e. The van der Waals surface area contributed by atoms with Gasteiger partial charge in [-0.3, -0.25) is 0 Å². The van der Waals surface area contributed by atoms with Crippen LogP contribution in [0.5, 0.6) is 0 Å². The lowest BCUT2D eigenvalue weighted by molar-refractivity contribution is 1.61. The Balaban J connectivity index is 1.03. The van der Waals surface area contributed by atoms with E-state index in [9.17, 15) is 0 Å². The van der Waals surface area contributed by atoms with Gasteiger partial charge in [0.25, 0.3) is 0 Å². The van der Waals surface area contributed by atoms with Gasteiger partial charge in [0.05, 0.1) is 0 Å². The molecule has 0 aromatic heterocycles. The number of benzene rings is 13. The molecule has 66 heavy (non-hydrogen) atoms. The molecule has 0 saturated heterocycles. The molecule has 0 unspecified atom stereocenters. The lowest BCUT2D eigenvalue weighted by atomic mass is 9.82. The van der Waals surface area contributed by atoms with Gasteiger partial charge in [0.15, 0.2) is 0 Å². The summed E-state index contributed by atoms with van der Waals surface area (Å²) < 4.78 is 0. The van der Waals surface area contributed by atoms with E-state index in [1.807, 2.05) is 0 Å². The monoisotopic (exact) mass is 834 g/mol. The lowest BCUT2D eigenvalue weighted by Gasteiger charge is -2.20. The molecule has 0 bridgehead atoms.